The molecular formula is C9H19BIN. The molecule has 0 amide bonds. The number of hydrogen-bond acceptors (Lipinski definition) is 1. The quantitative estimate of drug-likeness (QED) is 0.372. The van der Waals surface area contributed by atoms with E-state index in [-0.39, 0.29) is 0 Å². The lowest BCUT2D eigenvalue weighted by atomic mass is 9.77. The molecule has 0 aromatic carbocycles. The fourth-order valence-corrected chi connectivity index (χ4v) is 4.40. The molecule has 1 nitrogen and oxygen atoms in total. The first-order valence-corrected chi connectivity index (χ1v) is 5.88. The lowest BCUT2D eigenvalue weighted by Gasteiger charge is -2.53. The predicted molar refractivity (Wildman–Crippen MR) is 65.6 cm³/mol. The fraction of sp³-hybridized carbons (Fsp3) is 1.00. The minimum absolute atomic E-state index is 0.369. The number of hydrogen-bond donors (Lipinski definition) is 0. The van der Waals surface area contributed by atoms with Crippen LogP contribution in [-0.4, -0.2) is 27.8 Å². The molecule has 0 aliphatic carbocycles. The Bertz CT molecular complexity index is 161. The number of alkyl halides is 1. The Labute approximate surface area is 90.8 Å². The molecule has 0 spiro atoms. The van der Waals surface area contributed by atoms with E-state index in [1.807, 2.05) is 0 Å². The van der Waals surface area contributed by atoms with Gasteiger partial charge in [0.05, 0.1) is 0 Å². The number of rotatable bonds is 0. The second-order valence-corrected chi connectivity index (χ2v) is 6.95. The third-order valence-electron chi connectivity index (χ3n) is 3.26. The second kappa shape index (κ2) is 3.16. The smallest absolute Gasteiger partial charge is 0.186 e. The van der Waals surface area contributed by atoms with Gasteiger partial charge in [-0.15, -0.1) is 0 Å². The van der Waals surface area contributed by atoms with Crippen LogP contribution in [0, 0.1) is 0 Å². The topological polar surface area (TPSA) is 3.24 Å². The van der Waals surface area contributed by atoms with Crippen molar-refractivity contribution in [3.8, 4) is 0 Å². The summed E-state index contributed by atoms with van der Waals surface area (Å²) in [6, 6.07) is 0. The van der Waals surface area contributed by atoms with E-state index in [1.165, 1.54) is 12.8 Å². The minimum Gasteiger partial charge on any atom is -0.339 e. The van der Waals surface area contributed by atoms with Crippen molar-refractivity contribution in [2.75, 3.05) is 0 Å². The third kappa shape index (κ3) is 1.98. The maximum absolute atomic E-state index is 2.59. The Morgan fingerprint density at radius 1 is 1.17 bits per heavy atom. The molecule has 3 heteroatoms. The lowest BCUT2D eigenvalue weighted by molar-refractivity contribution is 0.0646. The van der Waals surface area contributed by atoms with Crippen LogP contribution in [0.2, 0.25) is 0 Å². The van der Waals surface area contributed by atoms with Crippen LogP contribution in [-0.2, 0) is 0 Å². The summed E-state index contributed by atoms with van der Waals surface area (Å²) in [5.74, 6) is 0. The van der Waals surface area contributed by atoms with Crippen LogP contribution in [0.3, 0.4) is 0 Å². The molecule has 1 saturated heterocycles. The Morgan fingerprint density at radius 3 is 1.83 bits per heavy atom. The van der Waals surface area contributed by atoms with Crippen LogP contribution in [0.5, 0.6) is 0 Å². The molecule has 0 aromatic rings. The number of piperidine rings is 1. The number of nitrogens with zero attached hydrogens (tertiary/aromatic N) is 1. The Kier molecular flexibility index (Phi) is 2.85. The average molecular weight is 279 g/mol. The minimum atomic E-state index is 0.369. The highest BCUT2D eigenvalue weighted by atomic mass is 127. The van der Waals surface area contributed by atoms with Gasteiger partial charge in [0.25, 0.3) is 0 Å². The average Bonchev–Trinajstić information content (AvgIpc) is 1.80. The van der Waals surface area contributed by atoms with Crippen molar-refractivity contribution >= 4 is 30.6 Å². The molecule has 0 N–H and O–H groups in total. The SMILES string of the molecule is BN1C(C)(C)CC(I)CC1(C)C. The first-order chi connectivity index (χ1) is 5.26. The summed E-state index contributed by atoms with van der Waals surface area (Å²) in [5, 5.41) is 0. The Hall–Kier alpha value is 0.755. The largest absolute Gasteiger partial charge is 0.339 e. The van der Waals surface area contributed by atoms with Crippen molar-refractivity contribution in [3.63, 3.8) is 0 Å². The monoisotopic (exact) mass is 279 g/mol. The summed E-state index contributed by atoms with van der Waals surface area (Å²) in [6.07, 6.45) is 2.63. The zero-order valence-electron chi connectivity index (χ0n) is 8.82. The normalized spacial score (nSPS) is 30.4. The van der Waals surface area contributed by atoms with Crippen molar-refractivity contribution in [2.24, 2.45) is 0 Å². The van der Waals surface area contributed by atoms with Crippen LogP contribution in [0.15, 0.2) is 0 Å². The van der Waals surface area contributed by atoms with E-state index in [2.05, 4.69) is 63.1 Å². The van der Waals surface area contributed by atoms with E-state index in [0.717, 1.165) is 3.92 Å². The molecule has 0 unspecified atom stereocenters. The molecule has 0 atom stereocenters. The first kappa shape index (κ1) is 10.8. The Morgan fingerprint density at radius 2 is 1.50 bits per heavy atom. The van der Waals surface area contributed by atoms with Crippen molar-refractivity contribution in [3.05, 3.63) is 0 Å². The van der Waals surface area contributed by atoms with E-state index < -0.39 is 0 Å². The van der Waals surface area contributed by atoms with Crippen LogP contribution in [0.25, 0.3) is 0 Å². The molecule has 0 saturated carbocycles. The van der Waals surface area contributed by atoms with Gasteiger partial charge >= 0.3 is 0 Å². The molecule has 12 heavy (non-hydrogen) atoms. The van der Waals surface area contributed by atoms with Gasteiger partial charge in [-0.2, -0.15) is 0 Å². The summed E-state index contributed by atoms with van der Waals surface area (Å²) >= 11 is 2.59. The van der Waals surface area contributed by atoms with Gasteiger partial charge in [-0.05, 0) is 40.5 Å². The highest BCUT2D eigenvalue weighted by Crippen LogP contribution is 2.39. The fourth-order valence-electron chi connectivity index (χ4n) is 2.25. The highest BCUT2D eigenvalue weighted by Gasteiger charge is 2.41. The van der Waals surface area contributed by atoms with Gasteiger partial charge in [0.1, 0.15) is 0 Å². The zero-order valence-corrected chi connectivity index (χ0v) is 11.0. The lowest BCUT2D eigenvalue weighted by Crippen LogP contribution is -2.59. The van der Waals surface area contributed by atoms with E-state index in [9.17, 15) is 0 Å². The molecule has 1 heterocycles. The van der Waals surface area contributed by atoms with Crippen LogP contribution >= 0.6 is 22.6 Å². The maximum atomic E-state index is 2.59. The second-order valence-electron chi connectivity index (χ2n) is 5.19. The van der Waals surface area contributed by atoms with Gasteiger partial charge in [0.15, 0.2) is 7.98 Å². The maximum Gasteiger partial charge on any atom is 0.186 e. The molecule has 0 aromatic heterocycles. The molecule has 1 rings (SSSR count). The summed E-state index contributed by atoms with van der Waals surface area (Å²) in [5.41, 5.74) is 0.737. The molecule has 1 fully saturated rings. The highest BCUT2D eigenvalue weighted by molar-refractivity contribution is 14.1. The summed E-state index contributed by atoms with van der Waals surface area (Å²) in [4.78, 5) is 2.52. The van der Waals surface area contributed by atoms with Gasteiger partial charge in [0.2, 0.25) is 0 Å². The van der Waals surface area contributed by atoms with E-state index >= 15 is 0 Å². The third-order valence-corrected chi connectivity index (χ3v) is 4.14. The summed E-state index contributed by atoms with van der Waals surface area (Å²) in [6.45, 7) is 9.39. The Balaban J connectivity index is 2.84. The zero-order chi connectivity index (χ0) is 9.57. The van der Waals surface area contributed by atoms with Gasteiger partial charge in [-0.1, -0.05) is 22.6 Å². The standard InChI is InChI=1S/C9H19BIN/c1-8(2)5-7(11)6-9(3,4)12(8)10/h7H,5-6,10H2,1-4H3. The van der Waals surface area contributed by atoms with Gasteiger partial charge < -0.3 is 4.81 Å². The molecule has 0 bridgehead atoms. The molecular weight excluding hydrogens is 260 g/mol. The summed E-state index contributed by atoms with van der Waals surface area (Å²) < 4.78 is 0.837. The first-order valence-electron chi connectivity index (χ1n) is 4.64. The molecule has 1 aliphatic heterocycles. The van der Waals surface area contributed by atoms with Crippen LogP contribution < -0.4 is 0 Å². The van der Waals surface area contributed by atoms with E-state index in [1.54, 1.807) is 0 Å². The van der Waals surface area contributed by atoms with Gasteiger partial charge in [-0.25, -0.2) is 0 Å². The van der Waals surface area contributed by atoms with Crippen molar-refractivity contribution in [1.29, 1.82) is 0 Å². The molecule has 1 aliphatic rings. The van der Waals surface area contributed by atoms with Crippen molar-refractivity contribution in [2.45, 2.75) is 55.5 Å². The van der Waals surface area contributed by atoms with E-state index in [0.29, 0.717) is 11.1 Å². The van der Waals surface area contributed by atoms with Gasteiger partial charge in [0, 0.05) is 15.0 Å². The summed E-state index contributed by atoms with van der Waals surface area (Å²) in [7, 11) is 2.25. The molecule has 70 valence electrons. The van der Waals surface area contributed by atoms with Crippen LogP contribution in [0.4, 0.5) is 0 Å². The molecule has 0 radical (unpaired) electrons. The van der Waals surface area contributed by atoms with Crippen LogP contribution in [0.1, 0.15) is 40.5 Å². The van der Waals surface area contributed by atoms with Crippen molar-refractivity contribution in [1.82, 2.24) is 4.81 Å². The van der Waals surface area contributed by atoms with Crippen molar-refractivity contribution < 1.29 is 0 Å². The predicted octanol–water partition coefficient (Wildman–Crippen LogP) is 1.99. The van der Waals surface area contributed by atoms with E-state index in [4.69, 9.17) is 0 Å². The van der Waals surface area contributed by atoms with Gasteiger partial charge in [-0.3, -0.25) is 0 Å². The number of halogens is 1.